The van der Waals surface area contributed by atoms with Crippen molar-refractivity contribution in [3.8, 4) is 0 Å². The van der Waals surface area contributed by atoms with Crippen molar-refractivity contribution in [3.05, 3.63) is 41.3 Å². The van der Waals surface area contributed by atoms with E-state index in [0.29, 0.717) is 17.0 Å². The molecule has 2 rings (SSSR count). The lowest BCUT2D eigenvalue weighted by atomic mass is 10.1. The maximum absolute atomic E-state index is 12.3. The van der Waals surface area contributed by atoms with E-state index >= 15 is 0 Å². The number of H-pyrrole nitrogens is 1. The van der Waals surface area contributed by atoms with Crippen molar-refractivity contribution in [2.75, 3.05) is 4.72 Å². The molecule has 0 amide bonds. The SMILES string of the molecule is Cc1ncc(S(=O)(=O)Nc2cccc(C)c2/C(N)=N/O)[nH]1. The van der Waals surface area contributed by atoms with Gasteiger partial charge >= 0.3 is 0 Å². The first-order valence-corrected chi connectivity index (χ1v) is 7.45. The van der Waals surface area contributed by atoms with Crippen LogP contribution in [0, 0.1) is 13.8 Å². The number of anilines is 1. The van der Waals surface area contributed by atoms with Gasteiger partial charge in [0.2, 0.25) is 0 Å². The number of nitrogens with two attached hydrogens (primary N) is 1. The summed E-state index contributed by atoms with van der Waals surface area (Å²) in [6.07, 6.45) is 1.22. The highest BCUT2D eigenvalue weighted by Crippen LogP contribution is 2.22. The van der Waals surface area contributed by atoms with Crippen molar-refractivity contribution in [3.63, 3.8) is 0 Å². The Kier molecular flexibility index (Phi) is 3.85. The molecule has 9 heteroatoms. The number of aromatic nitrogens is 2. The first kappa shape index (κ1) is 14.9. The predicted octanol–water partition coefficient (Wildman–Crippen LogP) is 0.922. The fourth-order valence-corrected chi connectivity index (χ4v) is 2.92. The van der Waals surface area contributed by atoms with Crippen LogP contribution in [0.3, 0.4) is 0 Å². The summed E-state index contributed by atoms with van der Waals surface area (Å²) in [5.41, 5.74) is 6.81. The van der Waals surface area contributed by atoms with Crippen molar-refractivity contribution in [2.45, 2.75) is 18.9 Å². The topological polar surface area (TPSA) is 133 Å². The number of nitrogens with zero attached hydrogens (tertiary/aromatic N) is 2. The van der Waals surface area contributed by atoms with E-state index in [-0.39, 0.29) is 16.5 Å². The summed E-state index contributed by atoms with van der Waals surface area (Å²) in [5.74, 6) is 0.308. The number of aryl methyl sites for hydroxylation is 2. The van der Waals surface area contributed by atoms with Gasteiger partial charge in [0.1, 0.15) is 5.82 Å². The zero-order valence-electron chi connectivity index (χ0n) is 11.5. The van der Waals surface area contributed by atoms with E-state index in [1.54, 1.807) is 26.0 Å². The molecule has 0 saturated heterocycles. The summed E-state index contributed by atoms with van der Waals surface area (Å²) in [4.78, 5) is 6.49. The van der Waals surface area contributed by atoms with Gasteiger partial charge in [-0.1, -0.05) is 17.3 Å². The normalized spacial score (nSPS) is 12.4. The predicted molar refractivity (Wildman–Crippen MR) is 77.8 cm³/mol. The largest absolute Gasteiger partial charge is 0.409 e. The summed E-state index contributed by atoms with van der Waals surface area (Å²) < 4.78 is 26.9. The minimum atomic E-state index is -3.83. The zero-order chi connectivity index (χ0) is 15.6. The first-order chi connectivity index (χ1) is 9.85. The lowest BCUT2D eigenvalue weighted by molar-refractivity contribution is 0.318. The van der Waals surface area contributed by atoms with Crippen molar-refractivity contribution in [1.29, 1.82) is 0 Å². The Morgan fingerprint density at radius 2 is 2.14 bits per heavy atom. The van der Waals surface area contributed by atoms with Gasteiger partial charge < -0.3 is 15.9 Å². The van der Waals surface area contributed by atoms with E-state index in [1.165, 1.54) is 12.3 Å². The van der Waals surface area contributed by atoms with E-state index < -0.39 is 10.0 Å². The van der Waals surface area contributed by atoms with Crippen LogP contribution in [0.25, 0.3) is 0 Å². The fraction of sp³-hybridized carbons (Fsp3) is 0.167. The quantitative estimate of drug-likeness (QED) is 0.288. The van der Waals surface area contributed by atoms with Gasteiger partial charge in [0.05, 0.1) is 11.9 Å². The van der Waals surface area contributed by atoms with Crippen LogP contribution in [-0.2, 0) is 10.0 Å². The van der Waals surface area contributed by atoms with E-state index in [4.69, 9.17) is 10.9 Å². The molecule has 0 fully saturated rings. The van der Waals surface area contributed by atoms with Gasteiger partial charge in [-0.05, 0) is 25.5 Å². The minimum Gasteiger partial charge on any atom is -0.409 e. The number of hydrogen-bond donors (Lipinski definition) is 4. The molecule has 1 aromatic carbocycles. The second-order valence-electron chi connectivity index (χ2n) is 4.42. The first-order valence-electron chi connectivity index (χ1n) is 5.97. The molecule has 0 spiro atoms. The van der Waals surface area contributed by atoms with Crippen LogP contribution in [0.5, 0.6) is 0 Å². The smallest absolute Gasteiger partial charge is 0.279 e. The molecule has 0 unspecified atom stereocenters. The summed E-state index contributed by atoms with van der Waals surface area (Å²) in [6, 6.07) is 4.92. The number of oxime groups is 1. The number of amidine groups is 1. The number of hydrogen-bond acceptors (Lipinski definition) is 5. The van der Waals surface area contributed by atoms with Gasteiger partial charge in [0, 0.05) is 5.56 Å². The van der Waals surface area contributed by atoms with Crippen LogP contribution >= 0.6 is 0 Å². The Labute approximate surface area is 121 Å². The molecular weight excluding hydrogens is 294 g/mol. The van der Waals surface area contributed by atoms with E-state index in [9.17, 15) is 8.42 Å². The monoisotopic (exact) mass is 309 g/mol. The summed E-state index contributed by atoms with van der Waals surface area (Å²) in [5, 5.41) is 11.7. The lowest BCUT2D eigenvalue weighted by Crippen LogP contribution is -2.20. The van der Waals surface area contributed by atoms with Crippen LogP contribution in [-0.4, -0.2) is 29.4 Å². The van der Waals surface area contributed by atoms with Crippen LogP contribution < -0.4 is 10.5 Å². The molecular formula is C12H15N5O3S. The third-order valence-corrected chi connectivity index (χ3v) is 4.13. The van der Waals surface area contributed by atoms with E-state index in [1.807, 2.05) is 0 Å². The number of nitrogens with one attached hydrogen (secondary N) is 2. The molecule has 0 atom stereocenters. The number of imidazole rings is 1. The molecule has 0 saturated carbocycles. The molecule has 1 aromatic heterocycles. The maximum atomic E-state index is 12.3. The third-order valence-electron chi connectivity index (χ3n) is 2.85. The van der Waals surface area contributed by atoms with Gasteiger partial charge in [-0.15, -0.1) is 0 Å². The Morgan fingerprint density at radius 3 is 2.71 bits per heavy atom. The summed E-state index contributed by atoms with van der Waals surface area (Å²) in [6.45, 7) is 3.37. The minimum absolute atomic E-state index is 0.0630. The van der Waals surface area contributed by atoms with Crippen LogP contribution in [0.1, 0.15) is 17.0 Å². The van der Waals surface area contributed by atoms with Crippen LogP contribution in [0.15, 0.2) is 34.6 Å². The molecule has 0 radical (unpaired) electrons. The molecule has 0 bridgehead atoms. The summed E-state index contributed by atoms with van der Waals surface area (Å²) in [7, 11) is -3.83. The Hall–Kier alpha value is -2.55. The highest BCUT2D eigenvalue weighted by atomic mass is 32.2. The highest BCUT2D eigenvalue weighted by Gasteiger charge is 2.20. The molecule has 21 heavy (non-hydrogen) atoms. The molecule has 5 N–H and O–H groups in total. The van der Waals surface area contributed by atoms with E-state index in [0.717, 1.165) is 0 Å². The Morgan fingerprint density at radius 1 is 1.43 bits per heavy atom. The molecule has 0 aliphatic carbocycles. The van der Waals surface area contributed by atoms with Crippen molar-refractivity contribution >= 4 is 21.5 Å². The second-order valence-corrected chi connectivity index (χ2v) is 6.07. The lowest BCUT2D eigenvalue weighted by Gasteiger charge is -2.13. The van der Waals surface area contributed by atoms with Crippen molar-refractivity contribution < 1.29 is 13.6 Å². The molecule has 0 aliphatic rings. The Bertz CT molecular complexity index is 795. The molecule has 1 heterocycles. The third kappa shape index (κ3) is 2.97. The highest BCUT2D eigenvalue weighted by molar-refractivity contribution is 7.92. The van der Waals surface area contributed by atoms with Crippen LogP contribution in [0.2, 0.25) is 0 Å². The van der Waals surface area contributed by atoms with Gasteiger partial charge in [-0.25, -0.2) is 4.98 Å². The molecule has 0 aliphatic heterocycles. The van der Waals surface area contributed by atoms with Crippen molar-refractivity contribution in [1.82, 2.24) is 9.97 Å². The number of aromatic amines is 1. The fourth-order valence-electron chi connectivity index (χ4n) is 1.88. The van der Waals surface area contributed by atoms with Crippen LogP contribution in [0.4, 0.5) is 5.69 Å². The van der Waals surface area contributed by atoms with Gasteiger partial charge in [-0.2, -0.15) is 8.42 Å². The number of rotatable bonds is 4. The Balaban J connectivity index is 2.47. The average molecular weight is 309 g/mol. The van der Waals surface area contributed by atoms with Gasteiger partial charge in [0.15, 0.2) is 10.9 Å². The standard InChI is InChI=1S/C12H15N5O3S/c1-7-4-3-5-9(11(7)12(13)16-18)17-21(19,20)10-6-14-8(2)15-10/h3-6,17-18H,1-2H3,(H2,13,16)(H,14,15). The van der Waals surface area contributed by atoms with E-state index in [2.05, 4.69) is 19.8 Å². The second kappa shape index (κ2) is 5.44. The average Bonchev–Trinajstić information content (AvgIpc) is 2.85. The van der Waals surface area contributed by atoms with Crippen molar-refractivity contribution in [2.24, 2.45) is 10.9 Å². The zero-order valence-corrected chi connectivity index (χ0v) is 12.3. The van der Waals surface area contributed by atoms with Gasteiger partial charge in [-0.3, -0.25) is 4.72 Å². The molecule has 112 valence electrons. The van der Waals surface area contributed by atoms with Gasteiger partial charge in [0.25, 0.3) is 10.0 Å². The molecule has 8 nitrogen and oxygen atoms in total. The number of benzene rings is 1. The number of sulfonamides is 1. The maximum Gasteiger partial charge on any atom is 0.279 e. The summed E-state index contributed by atoms with van der Waals surface area (Å²) >= 11 is 0. The molecule has 2 aromatic rings.